The molecule has 0 radical (unpaired) electrons. The van der Waals surface area contributed by atoms with E-state index in [1.165, 1.54) is 62.8 Å². The van der Waals surface area contributed by atoms with Gasteiger partial charge >= 0.3 is 0 Å². The molecule has 2 atom stereocenters. The van der Waals surface area contributed by atoms with Crippen molar-refractivity contribution in [1.82, 2.24) is 4.98 Å². The zero-order valence-corrected chi connectivity index (χ0v) is 15.4. The van der Waals surface area contributed by atoms with Crippen LogP contribution in [0, 0.1) is 11.8 Å². The summed E-state index contributed by atoms with van der Waals surface area (Å²) in [5, 5.41) is 0. The molecule has 0 fully saturated rings. The highest BCUT2D eigenvalue weighted by Crippen LogP contribution is 2.20. The Morgan fingerprint density at radius 3 is 1.59 bits per heavy atom. The fraction of sp³-hybridized carbons (Fsp3) is 0.762. The van der Waals surface area contributed by atoms with Gasteiger partial charge in [-0.15, -0.1) is 0 Å². The Balaban J connectivity index is 2.60. The van der Waals surface area contributed by atoms with Gasteiger partial charge in [0.1, 0.15) is 0 Å². The van der Waals surface area contributed by atoms with Gasteiger partial charge in [-0.05, 0) is 36.8 Å². The van der Waals surface area contributed by atoms with Crippen molar-refractivity contribution in [1.29, 1.82) is 0 Å². The Bertz CT molecular complexity index is 352. The molecule has 0 aromatic carbocycles. The summed E-state index contributed by atoms with van der Waals surface area (Å²) in [7, 11) is 0. The van der Waals surface area contributed by atoms with Crippen molar-refractivity contribution in [2.75, 3.05) is 0 Å². The first-order valence-electron chi connectivity index (χ1n) is 9.68. The van der Waals surface area contributed by atoms with Crippen molar-refractivity contribution >= 4 is 0 Å². The molecule has 0 N–H and O–H groups in total. The van der Waals surface area contributed by atoms with E-state index in [0.717, 1.165) is 24.7 Å². The van der Waals surface area contributed by atoms with Gasteiger partial charge in [-0.3, -0.25) is 4.98 Å². The second kappa shape index (κ2) is 11.7. The van der Waals surface area contributed by atoms with Gasteiger partial charge in [0.15, 0.2) is 0 Å². The first-order valence-corrected chi connectivity index (χ1v) is 9.68. The molecule has 0 aliphatic heterocycles. The van der Waals surface area contributed by atoms with E-state index < -0.39 is 0 Å². The molecule has 0 aliphatic carbocycles. The normalized spacial score (nSPS) is 14.0. The average Bonchev–Trinajstić information content (AvgIpc) is 2.55. The third kappa shape index (κ3) is 7.42. The van der Waals surface area contributed by atoms with E-state index in [2.05, 4.69) is 45.9 Å². The quantitative estimate of drug-likeness (QED) is 0.424. The minimum Gasteiger partial charge on any atom is -0.258 e. The van der Waals surface area contributed by atoms with Crippen LogP contribution in [0.25, 0.3) is 0 Å². The molecular weight excluding hydrogens is 266 g/mol. The Morgan fingerprint density at radius 1 is 0.773 bits per heavy atom. The van der Waals surface area contributed by atoms with Gasteiger partial charge in [-0.25, -0.2) is 0 Å². The molecule has 0 saturated heterocycles. The molecule has 1 heterocycles. The van der Waals surface area contributed by atoms with Crippen LogP contribution in [-0.4, -0.2) is 4.98 Å². The molecular formula is C21H37N. The summed E-state index contributed by atoms with van der Waals surface area (Å²) in [6.45, 7) is 9.21. The van der Waals surface area contributed by atoms with Crippen molar-refractivity contribution in [3.63, 3.8) is 0 Å². The van der Waals surface area contributed by atoms with Crippen LogP contribution in [0.2, 0.25) is 0 Å². The van der Waals surface area contributed by atoms with Gasteiger partial charge in [-0.2, -0.15) is 0 Å². The summed E-state index contributed by atoms with van der Waals surface area (Å²) in [6.07, 6.45) is 12.9. The van der Waals surface area contributed by atoms with Gasteiger partial charge < -0.3 is 0 Å². The maximum absolute atomic E-state index is 4.96. The molecule has 0 unspecified atom stereocenters. The summed E-state index contributed by atoms with van der Waals surface area (Å²) in [4.78, 5) is 4.96. The van der Waals surface area contributed by atoms with E-state index >= 15 is 0 Å². The third-order valence-electron chi connectivity index (χ3n) is 4.95. The van der Waals surface area contributed by atoms with Crippen molar-refractivity contribution in [2.45, 2.75) is 91.9 Å². The molecule has 1 aromatic rings. The Labute approximate surface area is 138 Å². The lowest BCUT2D eigenvalue weighted by Crippen LogP contribution is -2.09. The largest absolute Gasteiger partial charge is 0.258 e. The van der Waals surface area contributed by atoms with Gasteiger partial charge in [0.2, 0.25) is 0 Å². The predicted octanol–water partition coefficient (Wildman–Crippen LogP) is 6.60. The lowest BCUT2D eigenvalue weighted by molar-refractivity contribution is 0.436. The topological polar surface area (TPSA) is 12.9 Å². The Hall–Kier alpha value is -0.850. The second-order valence-corrected chi connectivity index (χ2v) is 6.86. The Kier molecular flexibility index (Phi) is 10.2. The molecule has 1 heteroatoms. The van der Waals surface area contributed by atoms with Crippen LogP contribution in [0.15, 0.2) is 18.2 Å². The standard InChI is InChI=1S/C21H37N/c1-5-9-12-18(7-3)16-20-14-11-15-21(22-20)17-19(8-4)13-10-6-2/h11,14-15,18-19H,5-10,12-13,16-17H2,1-4H3/t18-,19+. The fourth-order valence-electron chi connectivity index (χ4n) is 3.23. The van der Waals surface area contributed by atoms with E-state index in [-0.39, 0.29) is 0 Å². The van der Waals surface area contributed by atoms with Crippen molar-refractivity contribution in [3.8, 4) is 0 Å². The van der Waals surface area contributed by atoms with Crippen LogP contribution in [0.3, 0.4) is 0 Å². The molecule has 0 aliphatic rings. The summed E-state index contributed by atoms with van der Waals surface area (Å²) < 4.78 is 0. The SMILES string of the molecule is CCCC[C@@H](CC)Cc1cccc(C[C@@H](CC)CCCC)n1. The zero-order chi connectivity index (χ0) is 16.2. The lowest BCUT2D eigenvalue weighted by Gasteiger charge is -2.16. The number of nitrogens with zero attached hydrogens (tertiary/aromatic N) is 1. The van der Waals surface area contributed by atoms with E-state index in [1.54, 1.807) is 0 Å². The molecule has 22 heavy (non-hydrogen) atoms. The zero-order valence-electron chi connectivity index (χ0n) is 15.4. The molecule has 0 spiro atoms. The number of pyridine rings is 1. The first kappa shape index (κ1) is 19.2. The summed E-state index contributed by atoms with van der Waals surface area (Å²) in [5.41, 5.74) is 2.62. The van der Waals surface area contributed by atoms with Gasteiger partial charge in [-0.1, -0.05) is 85.1 Å². The van der Waals surface area contributed by atoms with Gasteiger partial charge in [0, 0.05) is 11.4 Å². The average molecular weight is 304 g/mol. The molecule has 1 nitrogen and oxygen atoms in total. The van der Waals surface area contributed by atoms with E-state index in [0.29, 0.717) is 0 Å². The van der Waals surface area contributed by atoms with Gasteiger partial charge in [0.25, 0.3) is 0 Å². The molecule has 126 valence electrons. The van der Waals surface area contributed by atoms with Crippen LogP contribution in [0.5, 0.6) is 0 Å². The summed E-state index contributed by atoms with van der Waals surface area (Å²) in [5.74, 6) is 1.62. The van der Waals surface area contributed by atoms with Gasteiger partial charge in [0.05, 0.1) is 0 Å². The van der Waals surface area contributed by atoms with Crippen LogP contribution in [0.4, 0.5) is 0 Å². The number of hydrogen-bond acceptors (Lipinski definition) is 1. The molecule has 0 amide bonds. The molecule has 0 bridgehead atoms. The van der Waals surface area contributed by atoms with Crippen LogP contribution in [0.1, 0.15) is 90.4 Å². The maximum atomic E-state index is 4.96. The lowest BCUT2D eigenvalue weighted by atomic mass is 9.92. The fourth-order valence-corrected chi connectivity index (χ4v) is 3.23. The van der Waals surface area contributed by atoms with Crippen LogP contribution >= 0.6 is 0 Å². The number of unbranched alkanes of at least 4 members (excludes halogenated alkanes) is 2. The van der Waals surface area contributed by atoms with Crippen molar-refractivity contribution < 1.29 is 0 Å². The minimum absolute atomic E-state index is 0.810. The smallest absolute Gasteiger partial charge is 0.0409 e. The van der Waals surface area contributed by atoms with E-state index in [4.69, 9.17) is 4.98 Å². The van der Waals surface area contributed by atoms with Crippen molar-refractivity contribution in [3.05, 3.63) is 29.6 Å². The summed E-state index contributed by atoms with van der Waals surface area (Å²) >= 11 is 0. The first-order chi connectivity index (χ1) is 10.7. The predicted molar refractivity (Wildman–Crippen MR) is 98.3 cm³/mol. The van der Waals surface area contributed by atoms with Crippen LogP contribution < -0.4 is 0 Å². The molecule has 1 rings (SSSR count). The maximum Gasteiger partial charge on any atom is 0.0409 e. The van der Waals surface area contributed by atoms with Crippen molar-refractivity contribution in [2.24, 2.45) is 11.8 Å². The number of aromatic nitrogens is 1. The summed E-state index contributed by atoms with van der Waals surface area (Å²) in [6, 6.07) is 6.67. The van der Waals surface area contributed by atoms with E-state index in [1.807, 2.05) is 0 Å². The Morgan fingerprint density at radius 2 is 1.23 bits per heavy atom. The molecule has 1 aromatic heterocycles. The monoisotopic (exact) mass is 303 g/mol. The number of rotatable bonds is 12. The highest BCUT2D eigenvalue weighted by molar-refractivity contribution is 5.12. The minimum atomic E-state index is 0.810. The van der Waals surface area contributed by atoms with Crippen LogP contribution in [-0.2, 0) is 12.8 Å². The number of hydrogen-bond donors (Lipinski definition) is 0. The highest BCUT2D eigenvalue weighted by atomic mass is 14.7. The molecule has 0 saturated carbocycles. The second-order valence-electron chi connectivity index (χ2n) is 6.86. The van der Waals surface area contributed by atoms with E-state index in [9.17, 15) is 0 Å². The highest BCUT2D eigenvalue weighted by Gasteiger charge is 2.11. The third-order valence-corrected chi connectivity index (χ3v) is 4.95.